The third-order valence-corrected chi connectivity index (χ3v) is 3.11. The molecule has 0 aliphatic heterocycles. The number of aromatic nitrogens is 4. The SMILES string of the molecule is CCn1ccc(C(C)NC(=O)c2c([N+](=O)[O-])cnn2C)n1. The van der Waals surface area contributed by atoms with Crippen molar-refractivity contribution in [3.63, 3.8) is 0 Å². The summed E-state index contributed by atoms with van der Waals surface area (Å²) in [4.78, 5) is 22.5. The highest BCUT2D eigenvalue weighted by Gasteiger charge is 2.26. The van der Waals surface area contributed by atoms with Crippen LogP contribution in [0.2, 0.25) is 0 Å². The normalized spacial score (nSPS) is 12.1. The van der Waals surface area contributed by atoms with Crippen molar-refractivity contribution in [2.24, 2.45) is 7.05 Å². The Hall–Kier alpha value is -2.71. The number of nitro groups is 1. The van der Waals surface area contributed by atoms with Crippen molar-refractivity contribution in [3.8, 4) is 0 Å². The average Bonchev–Trinajstić information content (AvgIpc) is 3.04. The molecule has 9 heteroatoms. The van der Waals surface area contributed by atoms with E-state index >= 15 is 0 Å². The van der Waals surface area contributed by atoms with Crippen molar-refractivity contribution >= 4 is 11.6 Å². The largest absolute Gasteiger partial charge is 0.342 e. The van der Waals surface area contributed by atoms with Gasteiger partial charge < -0.3 is 5.32 Å². The Bertz CT molecular complexity index is 674. The Morgan fingerprint density at radius 1 is 1.57 bits per heavy atom. The third kappa shape index (κ3) is 2.91. The summed E-state index contributed by atoms with van der Waals surface area (Å²) in [6.07, 6.45) is 2.87. The molecule has 1 amide bonds. The Kier molecular flexibility index (Phi) is 4.01. The monoisotopic (exact) mass is 292 g/mol. The molecule has 9 nitrogen and oxygen atoms in total. The summed E-state index contributed by atoms with van der Waals surface area (Å²) in [5.74, 6) is -0.555. The lowest BCUT2D eigenvalue weighted by atomic mass is 10.2. The summed E-state index contributed by atoms with van der Waals surface area (Å²) in [5.41, 5.74) is 0.290. The molecule has 0 saturated carbocycles. The Balaban J connectivity index is 2.18. The topological polar surface area (TPSA) is 108 Å². The zero-order valence-electron chi connectivity index (χ0n) is 12.0. The number of rotatable bonds is 5. The molecule has 0 aliphatic rings. The smallest absolute Gasteiger partial charge is 0.320 e. The van der Waals surface area contributed by atoms with Gasteiger partial charge >= 0.3 is 5.69 Å². The molecular formula is C12H16N6O3. The maximum atomic E-state index is 12.2. The zero-order chi connectivity index (χ0) is 15.6. The van der Waals surface area contributed by atoms with Crippen LogP contribution in [0.3, 0.4) is 0 Å². The van der Waals surface area contributed by atoms with Crippen LogP contribution >= 0.6 is 0 Å². The second-order valence-corrected chi connectivity index (χ2v) is 4.55. The minimum Gasteiger partial charge on any atom is -0.342 e. The minimum atomic E-state index is -0.627. The van der Waals surface area contributed by atoms with Gasteiger partial charge in [-0.1, -0.05) is 0 Å². The van der Waals surface area contributed by atoms with Crippen LogP contribution in [0.15, 0.2) is 18.5 Å². The lowest BCUT2D eigenvalue weighted by Gasteiger charge is -2.11. The summed E-state index contributed by atoms with van der Waals surface area (Å²) in [6, 6.07) is 1.44. The fourth-order valence-corrected chi connectivity index (χ4v) is 1.95. The van der Waals surface area contributed by atoms with Crippen LogP contribution in [0, 0.1) is 10.1 Å². The fourth-order valence-electron chi connectivity index (χ4n) is 1.95. The van der Waals surface area contributed by atoms with E-state index < -0.39 is 10.8 Å². The van der Waals surface area contributed by atoms with Gasteiger partial charge in [0.2, 0.25) is 5.69 Å². The first-order valence-electron chi connectivity index (χ1n) is 6.44. The van der Waals surface area contributed by atoms with Gasteiger partial charge in [-0.25, -0.2) is 0 Å². The lowest BCUT2D eigenvalue weighted by Crippen LogP contribution is -2.29. The van der Waals surface area contributed by atoms with Crippen LogP contribution in [0.5, 0.6) is 0 Å². The van der Waals surface area contributed by atoms with Crippen LogP contribution in [-0.4, -0.2) is 30.4 Å². The van der Waals surface area contributed by atoms with Crippen molar-refractivity contribution in [2.45, 2.75) is 26.4 Å². The van der Waals surface area contributed by atoms with Gasteiger partial charge in [-0.15, -0.1) is 0 Å². The number of hydrogen-bond acceptors (Lipinski definition) is 5. The van der Waals surface area contributed by atoms with E-state index in [2.05, 4.69) is 15.5 Å². The molecule has 2 aromatic rings. The molecule has 0 saturated heterocycles. The van der Waals surface area contributed by atoms with Gasteiger partial charge in [0.1, 0.15) is 6.20 Å². The fraction of sp³-hybridized carbons (Fsp3) is 0.417. The number of amides is 1. The van der Waals surface area contributed by atoms with E-state index in [4.69, 9.17) is 0 Å². The second-order valence-electron chi connectivity index (χ2n) is 4.55. The molecule has 2 aromatic heterocycles. The van der Waals surface area contributed by atoms with Crippen molar-refractivity contribution < 1.29 is 9.72 Å². The predicted molar refractivity (Wildman–Crippen MR) is 73.6 cm³/mol. The van der Waals surface area contributed by atoms with E-state index in [9.17, 15) is 14.9 Å². The van der Waals surface area contributed by atoms with E-state index in [1.807, 2.05) is 13.1 Å². The highest BCUT2D eigenvalue weighted by atomic mass is 16.6. The standard InChI is InChI=1S/C12H16N6O3/c1-4-17-6-5-9(15-17)8(2)14-12(19)11-10(18(20)21)7-13-16(11)3/h5-8H,4H2,1-3H3,(H,14,19). The molecule has 0 aliphatic carbocycles. The van der Waals surface area contributed by atoms with Crippen LogP contribution in [0.25, 0.3) is 0 Å². The van der Waals surface area contributed by atoms with Crippen molar-refractivity contribution in [3.05, 3.63) is 40.0 Å². The van der Waals surface area contributed by atoms with Crippen molar-refractivity contribution in [2.75, 3.05) is 0 Å². The molecule has 1 N–H and O–H groups in total. The first kappa shape index (κ1) is 14.7. The van der Waals surface area contributed by atoms with E-state index in [1.54, 1.807) is 17.7 Å². The molecule has 2 rings (SSSR count). The highest BCUT2D eigenvalue weighted by Crippen LogP contribution is 2.18. The third-order valence-electron chi connectivity index (χ3n) is 3.11. The summed E-state index contributed by atoms with van der Waals surface area (Å²) >= 11 is 0. The first-order chi connectivity index (χ1) is 9.93. The van der Waals surface area contributed by atoms with Gasteiger partial charge in [0, 0.05) is 19.8 Å². The molecule has 0 fully saturated rings. The Morgan fingerprint density at radius 3 is 2.86 bits per heavy atom. The number of carbonyl (C=O) groups is 1. The molecular weight excluding hydrogens is 276 g/mol. The van der Waals surface area contributed by atoms with Crippen LogP contribution in [0.1, 0.15) is 36.1 Å². The second kappa shape index (κ2) is 5.73. The molecule has 0 radical (unpaired) electrons. The zero-order valence-corrected chi connectivity index (χ0v) is 12.0. The van der Waals surface area contributed by atoms with Gasteiger partial charge in [0.05, 0.1) is 16.7 Å². The Labute approximate surface area is 120 Å². The van der Waals surface area contributed by atoms with Gasteiger partial charge in [-0.2, -0.15) is 10.2 Å². The van der Waals surface area contributed by atoms with Crippen LogP contribution in [-0.2, 0) is 13.6 Å². The van der Waals surface area contributed by atoms with E-state index in [-0.39, 0.29) is 17.4 Å². The maximum Gasteiger partial charge on any atom is 0.320 e. The molecule has 21 heavy (non-hydrogen) atoms. The summed E-state index contributed by atoms with van der Waals surface area (Å²) in [5, 5.41) is 21.6. The molecule has 112 valence electrons. The molecule has 0 bridgehead atoms. The number of hydrogen-bond donors (Lipinski definition) is 1. The minimum absolute atomic E-state index is 0.0817. The Morgan fingerprint density at radius 2 is 2.29 bits per heavy atom. The summed E-state index contributed by atoms with van der Waals surface area (Å²) < 4.78 is 2.93. The molecule has 1 unspecified atom stereocenters. The lowest BCUT2D eigenvalue weighted by molar-refractivity contribution is -0.385. The van der Waals surface area contributed by atoms with Gasteiger partial charge in [0.15, 0.2) is 0 Å². The van der Waals surface area contributed by atoms with Crippen molar-refractivity contribution in [1.82, 2.24) is 24.9 Å². The number of carbonyl (C=O) groups excluding carboxylic acids is 1. The highest BCUT2D eigenvalue weighted by molar-refractivity contribution is 5.96. The molecule has 0 aromatic carbocycles. The van der Waals surface area contributed by atoms with Gasteiger partial charge in [-0.3, -0.25) is 24.3 Å². The number of nitrogens with one attached hydrogen (secondary N) is 1. The number of aryl methyl sites for hydroxylation is 2. The van der Waals surface area contributed by atoms with E-state index in [1.165, 1.54) is 11.7 Å². The molecule has 2 heterocycles. The summed E-state index contributed by atoms with van der Waals surface area (Å²) in [6.45, 7) is 4.45. The quantitative estimate of drug-likeness (QED) is 0.654. The van der Waals surface area contributed by atoms with Gasteiger partial charge in [-0.05, 0) is 19.9 Å². The average molecular weight is 292 g/mol. The van der Waals surface area contributed by atoms with Gasteiger partial charge in [0.25, 0.3) is 5.91 Å². The number of nitrogens with zero attached hydrogens (tertiary/aromatic N) is 5. The maximum absolute atomic E-state index is 12.2. The van der Waals surface area contributed by atoms with E-state index in [0.717, 1.165) is 12.7 Å². The molecule has 0 spiro atoms. The van der Waals surface area contributed by atoms with Crippen molar-refractivity contribution in [1.29, 1.82) is 0 Å². The predicted octanol–water partition coefficient (Wildman–Crippen LogP) is 1.04. The molecule has 1 atom stereocenters. The van der Waals surface area contributed by atoms with Crippen LogP contribution < -0.4 is 5.32 Å². The van der Waals surface area contributed by atoms with Crippen LogP contribution in [0.4, 0.5) is 5.69 Å². The first-order valence-corrected chi connectivity index (χ1v) is 6.44. The summed E-state index contributed by atoms with van der Waals surface area (Å²) in [7, 11) is 1.48. The van der Waals surface area contributed by atoms with E-state index in [0.29, 0.717) is 5.69 Å².